The molecule has 3 aromatic rings. The summed E-state index contributed by atoms with van der Waals surface area (Å²) in [4.78, 5) is 45.7. The number of hydrogen-bond donors (Lipinski definition) is 1. The number of fused-ring (bicyclic) bond motifs is 1. The number of rotatable bonds is 5. The van der Waals surface area contributed by atoms with E-state index in [1.807, 2.05) is 49.1 Å². The number of allylic oxidation sites excluding steroid dienone is 1. The van der Waals surface area contributed by atoms with Gasteiger partial charge in [-0.25, -0.2) is 0 Å². The van der Waals surface area contributed by atoms with Crippen LogP contribution in [0.15, 0.2) is 66.0 Å². The van der Waals surface area contributed by atoms with Crippen LogP contribution < -0.4 is 5.56 Å². The van der Waals surface area contributed by atoms with Crippen molar-refractivity contribution in [3.63, 3.8) is 0 Å². The van der Waals surface area contributed by atoms with Crippen LogP contribution in [0.4, 0.5) is 0 Å². The Hall–Kier alpha value is -3.52. The van der Waals surface area contributed by atoms with Gasteiger partial charge in [0.2, 0.25) is 5.91 Å². The Morgan fingerprint density at radius 2 is 1.71 bits per heavy atom. The summed E-state index contributed by atoms with van der Waals surface area (Å²) in [6.45, 7) is 9.69. The molecule has 8 heteroatoms. The standard InChI is InChI=1S/C26H28N4O3S/c1-4-12-30-23(32)20-11-10-18(17-21(20)27-25(30)34)22(31)28-13-15-29(16-14-28)24(33)26(2,3)19-8-6-5-7-9-19/h4-11,17H,1,12-16H2,2-3H3,(H,27,34). The number of amides is 2. The van der Waals surface area contributed by atoms with E-state index in [-0.39, 0.29) is 22.1 Å². The molecule has 0 aliphatic carbocycles. The van der Waals surface area contributed by atoms with Crippen molar-refractivity contribution < 1.29 is 9.59 Å². The van der Waals surface area contributed by atoms with Gasteiger partial charge in [0.05, 0.1) is 16.3 Å². The Morgan fingerprint density at radius 3 is 2.35 bits per heavy atom. The Balaban J connectivity index is 1.48. The molecule has 0 spiro atoms. The molecule has 4 rings (SSSR count). The molecule has 1 fully saturated rings. The maximum Gasteiger partial charge on any atom is 0.262 e. The number of carbonyl (C=O) groups is 2. The van der Waals surface area contributed by atoms with Gasteiger partial charge in [0, 0.05) is 38.3 Å². The lowest BCUT2D eigenvalue weighted by molar-refractivity contribution is -0.137. The lowest BCUT2D eigenvalue weighted by atomic mass is 9.83. The second-order valence-corrected chi connectivity index (χ2v) is 9.36. The highest BCUT2D eigenvalue weighted by molar-refractivity contribution is 7.71. The van der Waals surface area contributed by atoms with Crippen molar-refractivity contribution in [1.29, 1.82) is 0 Å². The molecule has 1 aliphatic rings. The van der Waals surface area contributed by atoms with Crippen LogP contribution in [0.3, 0.4) is 0 Å². The smallest absolute Gasteiger partial charge is 0.262 e. The summed E-state index contributed by atoms with van der Waals surface area (Å²) in [5.74, 6) is -0.0780. The first-order valence-corrected chi connectivity index (χ1v) is 11.7. The maximum absolute atomic E-state index is 13.2. The molecule has 1 N–H and O–H groups in total. The molecule has 0 unspecified atom stereocenters. The summed E-state index contributed by atoms with van der Waals surface area (Å²) < 4.78 is 1.72. The van der Waals surface area contributed by atoms with Crippen molar-refractivity contribution in [3.8, 4) is 0 Å². The number of nitrogens with one attached hydrogen (secondary N) is 1. The van der Waals surface area contributed by atoms with Crippen molar-refractivity contribution in [1.82, 2.24) is 19.4 Å². The fourth-order valence-electron chi connectivity index (χ4n) is 4.35. The van der Waals surface area contributed by atoms with Crippen LogP contribution in [-0.2, 0) is 16.8 Å². The molecular weight excluding hydrogens is 448 g/mol. The van der Waals surface area contributed by atoms with Crippen molar-refractivity contribution >= 4 is 34.9 Å². The van der Waals surface area contributed by atoms with E-state index in [0.717, 1.165) is 5.56 Å². The minimum absolute atomic E-state index is 0.0554. The first kappa shape index (κ1) is 23.6. The molecule has 1 aliphatic heterocycles. The molecule has 1 saturated heterocycles. The Morgan fingerprint density at radius 1 is 1.06 bits per heavy atom. The minimum Gasteiger partial charge on any atom is -0.338 e. The summed E-state index contributed by atoms with van der Waals surface area (Å²) in [6.07, 6.45) is 1.61. The van der Waals surface area contributed by atoms with Crippen molar-refractivity contribution in [2.75, 3.05) is 26.2 Å². The normalized spacial score (nSPS) is 14.3. The highest BCUT2D eigenvalue weighted by Gasteiger charge is 2.35. The monoisotopic (exact) mass is 476 g/mol. The summed E-state index contributed by atoms with van der Waals surface area (Å²) >= 11 is 5.30. The number of H-pyrrole nitrogens is 1. The van der Waals surface area contributed by atoms with E-state index in [2.05, 4.69) is 11.6 Å². The molecule has 0 bridgehead atoms. The Labute approximate surface area is 203 Å². The van der Waals surface area contributed by atoms with E-state index in [1.165, 1.54) is 4.57 Å². The summed E-state index contributed by atoms with van der Waals surface area (Å²) in [7, 11) is 0. The van der Waals surface area contributed by atoms with Gasteiger partial charge in [-0.3, -0.25) is 19.0 Å². The zero-order valence-corrected chi connectivity index (χ0v) is 20.2. The van der Waals surface area contributed by atoms with Crippen LogP contribution in [0, 0.1) is 4.77 Å². The Kier molecular flexibility index (Phi) is 6.52. The summed E-state index contributed by atoms with van der Waals surface area (Å²) in [5.41, 5.74) is 1.12. The van der Waals surface area contributed by atoms with E-state index in [1.54, 1.807) is 29.2 Å². The first-order chi connectivity index (χ1) is 16.2. The molecule has 2 aromatic carbocycles. The summed E-state index contributed by atoms with van der Waals surface area (Å²) in [6, 6.07) is 14.7. The lowest BCUT2D eigenvalue weighted by Crippen LogP contribution is -2.54. The van der Waals surface area contributed by atoms with Gasteiger partial charge >= 0.3 is 0 Å². The highest BCUT2D eigenvalue weighted by Crippen LogP contribution is 2.26. The molecular formula is C26H28N4O3S. The number of aromatic amines is 1. The molecule has 0 radical (unpaired) electrons. The fraction of sp³-hybridized carbons (Fsp3) is 0.308. The zero-order chi connectivity index (χ0) is 24.5. The number of piperazine rings is 1. The van der Waals surface area contributed by atoms with Gasteiger partial charge < -0.3 is 14.8 Å². The third kappa shape index (κ3) is 4.33. The minimum atomic E-state index is -0.637. The molecule has 7 nitrogen and oxygen atoms in total. The van der Waals surface area contributed by atoms with Crippen LogP contribution in [-0.4, -0.2) is 57.3 Å². The van der Waals surface area contributed by atoms with Crippen LogP contribution in [0.25, 0.3) is 10.9 Å². The SMILES string of the molecule is C=CCn1c(=S)[nH]c2cc(C(=O)N3CCN(C(=O)C(C)(C)c4ccccc4)CC3)ccc2c1=O. The predicted molar refractivity (Wildman–Crippen MR) is 136 cm³/mol. The topological polar surface area (TPSA) is 78.4 Å². The number of benzene rings is 2. The largest absolute Gasteiger partial charge is 0.338 e. The van der Waals surface area contributed by atoms with Crippen LogP contribution in [0.1, 0.15) is 29.8 Å². The molecule has 2 amide bonds. The highest BCUT2D eigenvalue weighted by atomic mass is 32.1. The van der Waals surface area contributed by atoms with Gasteiger partial charge in [-0.15, -0.1) is 6.58 Å². The third-order valence-electron chi connectivity index (χ3n) is 6.42. The van der Waals surface area contributed by atoms with E-state index >= 15 is 0 Å². The van der Waals surface area contributed by atoms with E-state index in [9.17, 15) is 14.4 Å². The third-order valence-corrected chi connectivity index (χ3v) is 6.75. The second-order valence-electron chi connectivity index (χ2n) is 8.97. The van der Waals surface area contributed by atoms with Gasteiger partial charge in [-0.1, -0.05) is 36.4 Å². The second kappa shape index (κ2) is 9.38. The first-order valence-electron chi connectivity index (χ1n) is 11.3. The summed E-state index contributed by atoms with van der Waals surface area (Å²) in [5, 5.41) is 0.463. The van der Waals surface area contributed by atoms with Crippen molar-refractivity contribution in [2.45, 2.75) is 25.8 Å². The zero-order valence-electron chi connectivity index (χ0n) is 19.4. The molecule has 0 atom stereocenters. The molecule has 1 aromatic heterocycles. The molecule has 2 heterocycles. The lowest BCUT2D eigenvalue weighted by Gasteiger charge is -2.38. The number of nitrogens with zero attached hydrogens (tertiary/aromatic N) is 3. The van der Waals surface area contributed by atoms with Crippen LogP contribution in [0.5, 0.6) is 0 Å². The Bertz CT molecular complexity index is 1370. The van der Waals surface area contributed by atoms with Crippen molar-refractivity contribution in [2.24, 2.45) is 0 Å². The van der Waals surface area contributed by atoms with Gasteiger partial charge in [0.1, 0.15) is 0 Å². The van der Waals surface area contributed by atoms with Crippen molar-refractivity contribution in [3.05, 3.63) is 87.4 Å². The predicted octanol–water partition coefficient (Wildman–Crippen LogP) is 3.51. The number of carbonyl (C=O) groups excluding carboxylic acids is 2. The molecule has 34 heavy (non-hydrogen) atoms. The quantitative estimate of drug-likeness (QED) is 0.452. The fourth-order valence-corrected chi connectivity index (χ4v) is 4.62. The van der Waals surface area contributed by atoms with Gasteiger partial charge in [-0.05, 0) is 49.8 Å². The van der Waals surface area contributed by atoms with E-state index in [0.29, 0.717) is 49.2 Å². The number of aromatic nitrogens is 2. The molecule has 0 saturated carbocycles. The van der Waals surface area contributed by atoms with Gasteiger partial charge in [0.15, 0.2) is 4.77 Å². The van der Waals surface area contributed by atoms with E-state index in [4.69, 9.17) is 12.2 Å². The number of hydrogen-bond acceptors (Lipinski definition) is 4. The average Bonchev–Trinajstić information content (AvgIpc) is 2.86. The van der Waals surface area contributed by atoms with Crippen LogP contribution in [0.2, 0.25) is 0 Å². The maximum atomic E-state index is 13.2. The van der Waals surface area contributed by atoms with Crippen LogP contribution >= 0.6 is 12.2 Å². The van der Waals surface area contributed by atoms with Gasteiger partial charge in [0.25, 0.3) is 11.5 Å². The van der Waals surface area contributed by atoms with Gasteiger partial charge in [-0.2, -0.15) is 0 Å². The molecule has 176 valence electrons. The van der Waals surface area contributed by atoms with E-state index < -0.39 is 5.41 Å². The average molecular weight is 477 g/mol.